The minimum absolute atomic E-state index is 0.237. The number of pyridine rings is 2. The molecule has 0 N–H and O–H groups in total. The molecule has 2 aliphatic heterocycles. The highest BCUT2D eigenvalue weighted by atomic mass is 35.5. The van der Waals surface area contributed by atoms with Crippen LogP contribution in [0.2, 0.25) is 20.1 Å². The molecule has 7 aromatic carbocycles. The quantitative estimate of drug-likeness (QED) is 0.0851. The first-order valence-corrected chi connectivity index (χ1v) is 24.5. The van der Waals surface area contributed by atoms with Crippen molar-refractivity contribution in [2.24, 2.45) is 11.8 Å². The molecule has 0 bridgehead atoms. The van der Waals surface area contributed by atoms with Gasteiger partial charge in [0.2, 0.25) is 0 Å². The largest absolute Gasteiger partial charge is 0.489 e. The molecule has 332 valence electrons. The third-order valence-electron chi connectivity index (χ3n) is 14.4. The first-order valence-electron chi connectivity index (χ1n) is 23.0. The van der Waals surface area contributed by atoms with Crippen molar-refractivity contribution in [1.29, 1.82) is 0 Å². The van der Waals surface area contributed by atoms with E-state index in [-0.39, 0.29) is 23.0 Å². The van der Waals surface area contributed by atoms with Gasteiger partial charge < -0.3 is 18.9 Å². The number of imidazole rings is 1. The topological polar surface area (TPSA) is 92.8 Å². The average molecular weight is 958 g/mol. The SMILES string of the molecule is CCCCCC1COc2cc3cc4c5cc(Cl)c6c7c(Cl)cc8c(=O)n9c%10cc%11c(cc%10nc9c9cc(Cl)c(c%10c(Cl)cc(c(=O)n4c3cc2OC1)c5c6%10)c7c89)OCC(CCCCC)CO%11. The highest BCUT2D eigenvalue weighted by Crippen LogP contribution is 2.54. The molecule has 13 heteroatoms. The smallest absolute Gasteiger partial charge is 0.264 e. The number of hydrogen-bond acceptors (Lipinski definition) is 7. The summed E-state index contributed by atoms with van der Waals surface area (Å²) in [7, 11) is 0. The maximum absolute atomic E-state index is 15.0. The van der Waals surface area contributed by atoms with Gasteiger partial charge in [0.15, 0.2) is 23.0 Å². The molecule has 13 rings (SSSR count). The third-order valence-corrected chi connectivity index (χ3v) is 15.6. The number of rotatable bonds is 8. The molecule has 0 radical (unpaired) electrons. The highest BCUT2D eigenvalue weighted by molar-refractivity contribution is 6.56. The summed E-state index contributed by atoms with van der Waals surface area (Å²) in [6.45, 7) is 6.59. The van der Waals surface area contributed by atoms with Gasteiger partial charge in [-0.15, -0.1) is 0 Å². The molecular weight excluding hydrogens is 916 g/mol. The number of hydrogen-bond donors (Lipinski definition) is 0. The molecule has 11 aromatic rings. The van der Waals surface area contributed by atoms with Gasteiger partial charge in [0.1, 0.15) is 5.65 Å². The standard InChI is InChI=1S/C53H41Cl4N3O6/c1-3-5-7-9-24-20-63-39-12-26-11-37-27-13-31(54)45-48-34(57)16-30-44-28(51-58-35-17-40-42(19-38(35)60(51)53(30)62)66-23-25(21-64-40)10-8-6-4-2)14-32(55)46(50(44)48)47-33(56)15-29(43(27)49(45)47)52(61)59(37)36(26)18-41(39)65-22-24/h11-19,24-25H,3-10,20-23H2,1-2H3. The van der Waals surface area contributed by atoms with E-state index in [0.717, 1.165) is 49.3 Å². The van der Waals surface area contributed by atoms with E-state index in [2.05, 4.69) is 13.8 Å². The molecule has 2 aliphatic rings. The van der Waals surface area contributed by atoms with Crippen LogP contribution in [0, 0.1) is 11.8 Å². The molecule has 0 aliphatic carbocycles. The van der Waals surface area contributed by atoms with Crippen molar-refractivity contribution in [3.8, 4) is 23.0 Å². The summed E-state index contributed by atoms with van der Waals surface area (Å²) in [6, 6.07) is 16.8. The van der Waals surface area contributed by atoms with Gasteiger partial charge >= 0.3 is 0 Å². The fourth-order valence-electron chi connectivity index (χ4n) is 11.3. The van der Waals surface area contributed by atoms with E-state index in [4.69, 9.17) is 70.3 Å². The Labute approximate surface area is 396 Å². The second-order valence-electron chi connectivity index (χ2n) is 18.5. The molecule has 0 spiro atoms. The lowest BCUT2D eigenvalue weighted by atomic mass is 9.85. The van der Waals surface area contributed by atoms with Crippen LogP contribution in [0.4, 0.5) is 0 Å². The van der Waals surface area contributed by atoms with E-state index in [1.165, 1.54) is 12.8 Å². The van der Waals surface area contributed by atoms with E-state index < -0.39 is 0 Å². The lowest BCUT2D eigenvalue weighted by Crippen LogP contribution is -2.16. The van der Waals surface area contributed by atoms with Crippen LogP contribution < -0.4 is 30.1 Å². The van der Waals surface area contributed by atoms with Crippen LogP contribution >= 0.6 is 46.4 Å². The first-order chi connectivity index (χ1) is 32.1. The molecule has 66 heavy (non-hydrogen) atoms. The van der Waals surface area contributed by atoms with Gasteiger partial charge in [0.05, 0.1) is 59.3 Å². The summed E-state index contributed by atoms with van der Waals surface area (Å²) < 4.78 is 28.7. The maximum atomic E-state index is 15.0. The summed E-state index contributed by atoms with van der Waals surface area (Å²) in [5, 5.41) is 9.57. The van der Waals surface area contributed by atoms with Gasteiger partial charge in [-0.3, -0.25) is 18.4 Å². The van der Waals surface area contributed by atoms with E-state index in [0.29, 0.717) is 156 Å². The van der Waals surface area contributed by atoms with Gasteiger partial charge in [-0.2, -0.15) is 0 Å². The number of aromatic nitrogens is 3. The second kappa shape index (κ2) is 15.0. The van der Waals surface area contributed by atoms with E-state index in [9.17, 15) is 9.59 Å². The van der Waals surface area contributed by atoms with Crippen LogP contribution in [0.1, 0.15) is 65.2 Å². The second-order valence-corrected chi connectivity index (χ2v) is 20.1. The summed E-state index contributed by atoms with van der Waals surface area (Å²) in [5.41, 5.74) is 2.46. The predicted molar refractivity (Wildman–Crippen MR) is 270 cm³/mol. The molecule has 0 amide bonds. The average Bonchev–Trinajstić information content (AvgIpc) is 3.72. The van der Waals surface area contributed by atoms with Crippen molar-refractivity contribution < 1.29 is 18.9 Å². The number of ether oxygens (including phenoxy) is 4. The molecule has 4 aromatic heterocycles. The predicted octanol–water partition coefficient (Wildman–Crippen LogP) is 14.4. The van der Waals surface area contributed by atoms with Crippen LogP contribution in [-0.2, 0) is 0 Å². The number of benzene rings is 7. The number of nitrogens with zero attached hydrogens (tertiary/aromatic N) is 3. The van der Waals surface area contributed by atoms with Crippen molar-refractivity contribution in [2.75, 3.05) is 26.4 Å². The Morgan fingerprint density at radius 2 is 0.939 bits per heavy atom. The lowest BCUT2D eigenvalue weighted by Gasteiger charge is -2.21. The molecule has 2 atom stereocenters. The zero-order valence-electron chi connectivity index (χ0n) is 36.1. The molecule has 0 fully saturated rings. The molecule has 6 heterocycles. The van der Waals surface area contributed by atoms with E-state index >= 15 is 0 Å². The summed E-state index contributed by atoms with van der Waals surface area (Å²) in [4.78, 5) is 34.9. The zero-order chi connectivity index (χ0) is 44.9. The number of halogens is 4. The van der Waals surface area contributed by atoms with Crippen molar-refractivity contribution in [2.45, 2.75) is 65.2 Å². The lowest BCUT2D eigenvalue weighted by molar-refractivity contribution is 0.202. The first kappa shape index (κ1) is 40.8. The Balaban J connectivity index is 1.04. The Bertz CT molecular complexity index is 3720. The Morgan fingerprint density at radius 3 is 1.48 bits per heavy atom. The normalized spacial score (nSPS) is 16.9. The van der Waals surface area contributed by atoms with Gasteiger partial charge in [0, 0.05) is 109 Å². The Kier molecular flexibility index (Phi) is 9.29. The van der Waals surface area contributed by atoms with Crippen LogP contribution in [0.3, 0.4) is 0 Å². The van der Waals surface area contributed by atoms with Crippen LogP contribution in [0.5, 0.6) is 23.0 Å². The van der Waals surface area contributed by atoms with E-state index in [1.807, 2.05) is 42.5 Å². The summed E-state index contributed by atoms with van der Waals surface area (Å²) in [6.07, 6.45) is 8.97. The molecule has 0 saturated carbocycles. The number of unbranched alkanes of at least 4 members (excludes halogenated alkanes) is 4. The van der Waals surface area contributed by atoms with E-state index in [1.54, 1.807) is 20.9 Å². The Morgan fingerprint density at radius 1 is 0.485 bits per heavy atom. The highest BCUT2D eigenvalue weighted by Gasteiger charge is 2.30. The summed E-state index contributed by atoms with van der Waals surface area (Å²) in [5.74, 6) is 3.00. The maximum Gasteiger partial charge on any atom is 0.264 e. The molecule has 0 saturated heterocycles. The van der Waals surface area contributed by atoms with Crippen LogP contribution in [-0.4, -0.2) is 40.2 Å². The minimum atomic E-state index is -0.291. The van der Waals surface area contributed by atoms with Gasteiger partial charge in [0.25, 0.3) is 11.1 Å². The Hall–Kier alpha value is -5.45. The van der Waals surface area contributed by atoms with Crippen LogP contribution in [0.25, 0.3) is 97.7 Å². The molecular formula is C53H41Cl4N3O6. The van der Waals surface area contributed by atoms with Crippen molar-refractivity contribution in [3.05, 3.63) is 95.4 Å². The monoisotopic (exact) mass is 955 g/mol. The van der Waals surface area contributed by atoms with Gasteiger partial charge in [-0.05, 0) is 49.2 Å². The van der Waals surface area contributed by atoms with Crippen molar-refractivity contribution in [3.63, 3.8) is 0 Å². The minimum Gasteiger partial charge on any atom is -0.489 e. The number of fused-ring (bicyclic) bond motifs is 12. The fraction of sp³-hybridized carbons (Fsp3) is 0.302. The van der Waals surface area contributed by atoms with Crippen molar-refractivity contribution >= 4 is 144 Å². The van der Waals surface area contributed by atoms with Crippen molar-refractivity contribution in [1.82, 2.24) is 13.8 Å². The molecule has 9 nitrogen and oxygen atoms in total. The molecule has 2 unspecified atom stereocenters. The summed E-state index contributed by atoms with van der Waals surface area (Å²) >= 11 is 29.8. The zero-order valence-corrected chi connectivity index (χ0v) is 39.2. The fourth-order valence-corrected chi connectivity index (χ4v) is 12.4. The van der Waals surface area contributed by atoms with Crippen LogP contribution in [0.15, 0.2) is 64.2 Å². The van der Waals surface area contributed by atoms with Gasteiger partial charge in [-0.1, -0.05) is 98.8 Å². The van der Waals surface area contributed by atoms with Gasteiger partial charge in [-0.25, -0.2) is 4.98 Å². The third kappa shape index (κ3) is 5.69.